The van der Waals surface area contributed by atoms with Gasteiger partial charge in [0.15, 0.2) is 0 Å². The van der Waals surface area contributed by atoms with Crippen molar-refractivity contribution in [3.63, 3.8) is 0 Å². The van der Waals surface area contributed by atoms with Gasteiger partial charge in [0.2, 0.25) is 0 Å². The van der Waals surface area contributed by atoms with E-state index in [1.165, 1.54) is 60.5 Å². The Balaban J connectivity index is 0.000000171. The molecule has 0 amide bonds. The minimum absolute atomic E-state index is 0. The van der Waals surface area contributed by atoms with Gasteiger partial charge in [-0.1, -0.05) is 121 Å². The standard InChI is InChI=1S/C26H18N.C19H16N.Ir/c1-18-14-15-27-26(16-18)20-12-10-19(11-13-20)25-17-21-6-2-3-7-22(21)23-8-4-5-9-24(23)25;1-14-8-10-17(11-9-14)19-12-18(15(2)13-20-19)16-6-4-3-5-7-16;/h2-12,14-17H,1H3;3-10,12-13H,1-2H3;/q2*-1;. The number of benzene rings is 6. The van der Waals surface area contributed by atoms with Crippen LogP contribution in [0, 0.1) is 32.9 Å². The van der Waals surface area contributed by atoms with Crippen molar-refractivity contribution in [1.82, 2.24) is 9.97 Å². The Morgan fingerprint density at radius 3 is 1.85 bits per heavy atom. The third kappa shape index (κ3) is 7.04. The first kappa shape index (κ1) is 32.7. The molecule has 8 rings (SSSR count). The van der Waals surface area contributed by atoms with Gasteiger partial charge >= 0.3 is 0 Å². The number of nitrogens with zero attached hydrogens (tertiary/aromatic N) is 2. The zero-order valence-electron chi connectivity index (χ0n) is 27.2. The first-order valence-corrected chi connectivity index (χ1v) is 15.9. The van der Waals surface area contributed by atoms with Crippen LogP contribution in [0.25, 0.3) is 66.3 Å². The van der Waals surface area contributed by atoms with Gasteiger partial charge in [-0.2, -0.15) is 0 Å². The van der Waals surface area contributed by atoms with Gasteiger partial charge in [-0.15, -0.1) is 65.2 Å². The van der Waals surface area contributed by atoms with Crippen molar-refractivity contribution < 1.29 is 20.1 Å². The molecule has 2 nitrogen and oxygen atoms in total. The summed E-state index contributed by atoms with van der Waals surface area (Å²) in [6.07, 6.45) is 3.79. The molecule has 2 aromatic heterocycles. The Labute approximate surface area is 296 Å². The summed E-state index contributed by atoms with van der Waals surface area (Å²) < 4.78 is 0. The summed E-state index contributed by atoms with van der Waals surface area (Å²) in [5.41, 5.74) is 12.5. The van der Waals surface area contributed by atoms with Crippen LogP contribution in [0.5, 0.6) is 0 Å². The summed E-state index contributed by atoms with van der Waals surface area (Å²) in [5, 5.41) is 5.11. The smallest absolute Gasteiger partial charge is 0.0196 e. The molecule has 8 aromatic rings. The molecule has 0 bridgehead atoms. The van der Waals surface area contributed by atoms with Gasteiger partial charge in [-0.25, -0.2) is 0 Å². The fourth-order valence-electron chi connectivity index (χ4n) is 5.99. The van der Waals surface area contributed by atoms with Gasteiger partial charge in [-0.3, -0.25) is 0 Å². The Hall–Kier alpha value is -5.21. The monoisotopic (exact) mass is 795 g/mol. The average Bonchev–Trinajstić information content (AvgIpc) is 3.13. The molecule has 0 N–H and O–H groups in total. The molecule has 6 aromatic carbocycles. The summed E-state index contributed by atoms with van der Waals surface area (Å²) in [6.45, 7) is 6.25. The molecule has 235 valence electrons. The second-order valence-electron chi connectivity index (χ2n) is 11.9. The van der Waals surface area contributed by atoms with Crippen LogP contribution in [0.4, 0.5) is 0 Å². The van der Waals surface area contributed by atoms with E-state index in [4.69, 9.17) is 0 Å². The van der Waals surface area contributed by atoms with Crippen molar-refractivity contribution >= 4 is 21.5 Å². The molecule has 0 spiro atoms. The van der Waals surface area contributed by atoms with Crippen molar-refractivity contribution in [3.05, 3.63) is 181 Å². The van der Waals surface area contributed by atoms with Gasteiger partial charge in [0.25, 0.3) is 0 Å². The zero-order valence-corrected chi connectivity index (χ0v) is 29.6. The van der Waals surface area contributed by atoms with Gasteiger partial charge in [0.05, 0.1) is 0 Å². The summed E-state index contributed by atoms with van der Waals surface area (Å²) in [7, 11) is 0. The van der Waals surface area contributed by atoms with Crippen molar-refractivity contribution in [2.45, 2.75) is 20.8 Å². The second kappa shape index (κ2) is 14.7. The normalized spacial score (nSPS) is 10.6. The SMILES string of the molecule is Cc1c[c-]c(-c2cc(-c3ccccc3)c(C)cn2)cc1.Cc1ccnc(-c2[c-]cc(-c3cc4ccccc4c4ccccc34)cc2)c1.[Ir]. The maximum atomic E-state index is 4.53. The van der Waals surface area contributed by atoms with Crippen molar-refractivity contribution in [2.24, 2.45) is 0 Å². The van der Waals surface area contributed by atoms with E-state index in [9.17, 15) is 0 Å². The average molecular weight is 795 g/mol. The van der Waals surface area contributed by atoms with Crippen LogP contribution in [0.15, 0.2) is 152 Å². The molecular weight excluding hydrogens is 761 g/mol. The molecule has 0 unspecified atom stereocenters. The minimum Gasteiger partial charge on any atom is -0.305 e. The quantitative estimate of drug-likeness (QED) is 0.131. The van der Waals surface area contributed by atoms with Crippen LogP contribution < -0.4 is 0 Å². The van der Waals surface area contributed by atoms with E-state index in [-0.39, 0.29) is 20.1 Å². The molecule has 0 aliphatic rings. The Kier molecular flexibility index (Phi) is 10.0. The number of aryl methyl sites for hydroxylation is 3. The number of fused-ring (bicyclic) bond motifs is 3. The maximum absolute atomic E-state index is 4.53. The van der Waals surface area contributed by atoms with E-state index in [2.05, 4.69) is 164 Å². The van der Waals surface area contributed by atoms with Crippen LogP contribution in [-0.4, -0.2) is 9.97 Å². The van der Waals surface area contributed by atoms with Crippen LogP contribution >= 0.6 is 0 Å². The largest absolute Gasteiger partial charge is 0.305 e. The summed E-state index contributed by atoms with van der Waals surface area (Å²) >= 11 is 0. The molecular formula is C45H34IrN2-2. The maximum Gasteiger partial charge on any atom is 0.0196 e. The van der Waals surface area contributed by atoms with Gasteiger partial charge in [0.1, 0.15) is 0 Å². The fourth-order valence-corrected chi connectivity index (χ4v) is 5.99. The predicted octanol–water partition coefficient (Wildman–Crippen LogP) is 11.7. The number of rotatable bonds is 4. The molecule has 0 aliphatic carbocycles. The van der Waals surface area contributed by atoms with Crippen molar-refractivity contribution in [1.29, 1.82) is 0 Å². The molecule has 0 aliphatic heterocycles. The summed E-state index contributed by atoms with van der Waals surface area (Å²) in [4.78, 5) is 9.00. The Morgan fingerprint density at radius 2 is 1.15 bits per heavy atom. The molecule has 0 saturated carbocycles. The van der Waals surface area contributed by atoms with Crippen LogP contribution in [0.2, 0.25) is 0 Å². The third-order valence-corrected chi connectivity index (χ3v) is 8.52. The Bertz CT molecular complexity index is 2310. The zero-order chi connectivity index (χ0) is 32.2. The molecule has 1 radical (unpaired) electrons. The van der Waals surface area contributed by atoms with Gasteiger partial charge < -0.3 is 9.97 Å². The van der Waals surface area contributed by atoms with Crippen LogP contribution in [0.1, 0.15) is 16.7 Å². The van der Waals surface area contributed by atoms with E-state index in [0.717, 1.165) is 22.5 Å². The Morgan fingerprint density at radius 1 is 0.479 bits per heavy atom. The molecule has 0 saturated heterocycles. The first-order valence-electron chi connectivity index (χ1n) is 15.9. The topological polar surface area (TPSA) is 25.8 Å². The van der Waals surface area contributed by atoms with Crippen LogP contribution in [0.3, 0.4) is 0 Å². The minimum atomic E-state index is 0. The number of hydrogen-bond acceptors (Lipinski definition) is 2. The van der Waals surface area contributed by atoms with E-state index in [0.29, 0.717) is 0 Å². The molecule has 48 heavy (non-hydrogen) atoms. The van der Waals surface area contributed by atoms with Crippen molar-refractivity contribution in [3.8, 4) is 44.8 Å². The van der Waals surface area contributed by atoms with E-state index in [1.54, 1.807) is 0 Å². The summed E-state index contributed by atoms with van der Waals surface area (Å²) in [5.74, 6) is 0. The van der Waals surface area contributed by atoms with E-state index < -0.39 is 0 Å². The predicted molar refractivity (Wildman–Crippen MR) is 197 cm³/mol. The molecule has 0 atom stereocenters. The van der Waals surface area contributed by atoms with E-state index >= 15 is 0 Å². The molecule has 2 heterocycles. The van der Waals surface area contributed by atoms with Gasteiger partial charge in [0, 0.05) is 32.5 Å². The number of aromatic nitrogens is 2. The number of pyridine rings is 2. The fraction of sp³-hybridized carbons (Fsp3) is 0.0667. The second-order valence-corrected chi connectivity index (χ2v) is 11.9. The number of hydrogen-bond donors (Lipinski definition) is 0. The summed E-state index contributed by atoms with van der Waals surface area (Å²) in [6, 6.07) is 55.4. The first-order chi connectivity index (χ1) is 23.0. The molecule has 3 heteroatoms. The van der Waals surface area contributed by atoms with Crippen LogP contribution in [-0.2, 0) is 20.1 Å². The molecule has 0 fully saturated rings. The van der Waals surface area contributed by atoms with E-state index in [1.807, 2.05) is 30.6 Å². The third-order valence-electron chi connectivity index (χ3n) is 8.52. The van der Waals surface area contributed by atoms with Gasteiger partial charge in [-0.05, 0) is 69.5 Å². The van der Waals surface area contributed by atoms with Crippen molar-refractivity contribution in [2.75, 3.05) is 0 Å².